The van der Waals surface area contributed by atoms with E-state index in [1.165, 1.54) is 0 Å². The lowest BCUT2D eigenvalue weighted by Gasteiger charge is -2.11. The summed E-state index contributed by atoms with van der Waals surface area (Å²) in [5.41, 5.74) is 0.943. The van der Waals surface area contributed by atoms with Crippen molar-refractivity contribution in [2.45, 2.75) is 32.6 Å². The van der Waals surface area contributed by atoms with Crippen molar-refractivity contribution >= 4 is 33.7 Å². The zero-order chi connectivity index (χ0) is 15.7. The van der Waals surface area contributed by atoms with Crippen molar-refractivity contribution in [2.75, 3.05) is 13.2 Å². The number of ether oxygens (including phenoxy) is 2. The molecule has 1 aromatic rings. The van der Waals surface area contributed by atoms with Gasteiger partial charge in [0, 0.05) is 12.8 Å². The summed E-state index contributed by atoms with van der Waals surface area (Å²) >= 11 is 10.5. The number of hydrogen-bond acceptors (Lipinski definition) is 4. The van der Waals surface area contributed by atoms with Crippen molar-refractivity contribution in [3.63, 3.8) is 0 Å². The van der Waals surface area contributed by atoms with Crippen LogP contribution in [0.4, 0.5) is 0 Å². The van der Waals surface area contributed by atoms with Crippen LogP contribution in [-0.2, 0) is 9.59 Å². The first-order valence-electron chi connectivity index (χ1n) is 6.72. The number of carbonyl (C=O) groups excluding carboxylic acids is 2. The van der Waals surface area contributed by atoms with Crippen LogP contribution in [0.3, 0.4) is 0 Å². The molecule has 0 saturated carbocycles. The first-order valence-corrected chi connectivity index (χ1v) is 7.47. The van der Waals surface area contributed by atoms with Gasteiger partial charge in [-0.3, -0.25) is 9.59 Å². The van der Waals surface area contributed by atoms with E-state index in [-0.39, 0.29) is 10.5 Å². The van der Waals surface area contributed by atoms with Crippen LogP contribution < -0.4 is 9.47 Å². The molecule has 0 spiro atoms. The highest BCUT2D eigenvalue weighted by atomic mass is 35.5. The van der Waals surface area contributed by atoms with E-state index in [2.05, 4.69) is 0 Å². The van der Waals surface area contributed by atoms with Gasteiger partial charge in [0.15, 0.2) is 0 Å². The molecule has 4 nitrogen and oxygen atoms in total. The third-order valence-corrected chi connectivity index (χ3v) is 3.09. The quantitative estimate of drug-likeness (QED) is 0.482. The Bertz CT molecular complexity index is 489. The van der Waals surface area contributed by atoms with Crippen LogP contribution >= 0.6 is 23.2 Å². The number of aryl methyl sites for hydroxylation is 1. The molecule has 1 aromatic carbocycles. The van der Waals surface area contributed by atoms with E-state index in [9.17, 15) is 9.59 Å². The van der Waals surface area contributed by atoms with E-state index in [0.29, 0.717) is 38.9 Å². The molecule has 0 amide bonds. The largest absolute Gasteiger partial charge is 0.494 e. The maximum absolute atomic E-state index is 10.6. The molecule has 0 unspecified atom stereocenters. The van der Waals surface area contributed by atoms with Gasteiger partial charge in [0.2, 0.25) is 10.5 Å². The first-order chi connectivity index (χ1) is 9.99. The van der Waals surface area contributed by atoms with Crippen molar-refractivity contribution < 1.29 is 19.1 Å². The lowest BCUT2D eigenvalue weighted by atomic mass is 10.2. The van der Waals surface area contributed by atoms with E-state index in [1.54, 1.807) is 6.07 Å². The molecule has 0 radical (unpaired) electrons. The molecule has 116 valence electrons. The van der Waals surface area contributed by atoms with Crippen LogP contribution in [0.2, 0.25) is 0 Å². The summed E-state index contributed by atoms with van der Waals surface area (Å²) in [6.07, 6.45) is 1.79. The van der Waals surface area contributed by atoms with Gasteiger partial charge in [0.1, 0.15) is 11.5 Å². The van der Waals surface area contributed by atoms with Gasteiger partial charge < -0.3 is 9.47 Å². The van der Waals surface area contributed by atoms with Gasteiger partial charge in [-0.05, 0) is 66.7 Å². The lowest BCUT2D eigenvalue weighted by molar-refractivity contribution is -0.112. The van der Waals surface area contributed by atoms with Crippen LogP contribution in [0.1, 0.15) is 31.2 Å². The van der Waals surface area contributed by atoms with E-state index in [4.69, 9.17) is 32.7 Å². The van der Waals surface area contributed by atoms with E-state index in [0.717, 1.165) is 17.1 Å². The fourth-order valence-corrected chi connectivity index (χ4v) is 1.94. The fraction of sp³-hybridized carbons (Fsp3) is 0.467. The summed E-state index contributed by atoms with van der Waals surface area (Å²) in [6.45, 7) is 2.80. The molecule has 0 aromatic heterocycles. The van der Waals surface area contributed by atoms with Gasteiger partial charge in [0.05, 0.1) is 13.2 Å². The molecule has 0 aliphatic rings. The molecule has 0 saturated heterocycles. The van der Waals surface area contributed by atoms with Crippen LogP contribution in [-0.4, -0.2) is 23.7 Å². The van der Waals surface area contributed by atoms with Crippen LogP contribution in [0, 0.1) is 6.92 Å². The van der Waals surface area contributed by atoms with Crippen LogP contribution in [0.15, 0.2) is 18.2 Å². The summed E-state index contributed by atoms with van der Waals surface area (Å²) in [4.78, 5) is 21.2. The Morgan fingerprint density at radius 2 is 1.57 bits per heavy atom. The monoisotopic (exact) mass is 332 g/mol. The maximum atomic E-state index is 10.6. The molecule has 0 aliphatic carbocycles. The first kappa shape index (κ1) is 17.8. The van der Waals surface area contributed by atoms with Gasteiger partial charge >= 0.3 is 0 Å². The number of rotatable bonds is 10. The second kappa shape index (κ2) is 9.64. The third-order valence-electron chi connectivity index (χ3n) is 2.71. The SMILES string of the molecule is Cc1cc(OCCCC(=O)Cl)ccc1OCCCC(=O)Cl. The van der Waals surface area contributed by atoms with Crippen molar-refractivity contribution in [3.8, 4) is 11.5 Å². The number of halogens is 2. The summed E-state index contributed by atoms with van der Waals surface area (Å²) in [5.74, 6) is 1.47. The van der Waals surface area contributed by atoms with Gasteiger partial charge in [-0.15, -0.1) is 0 Å². The second-order valence-electron chi connectivity index (χ2n) is 4.54. The molecule has 0 heterocycles. The molecule has 0 bridgehead atoms. The molecule has 0 N–H and O–H groups in total. The predicted molar refractivity (Wildman–Crippen MR) is 82.4 cm³/mol. The van der Waals surface area contributed by atoms with E-state index in [1.807, 2.05) is 19.1 Å². The minimum absolute atomic E-state index is 0.307. The summed E-state index contributed by atoms with van der Waals surface area (Å²) in [7, 11) is 0. The molecular formula is C15H18Cl2O4. The average Bonchev–Trinajstić information content (AvgIpc) is 2.41. The third kappa shape index (κ3) is 7.93. The van der Waals surface area contributed by atoms with Crippen molar-refractivity contribution in [1.29, 1.82) is 0 Å². The number of carbonyl (C=O) groups is 2. The molecular weight excluding hydrogens is 315 g/mol. The molecule has 21 heavy (non-hydrogen) atoms. The van der Waals surface area contributed by atoms with Crippen LogP contribution in [0.5, 0.6) is 11.5 Å². The van der Waals surface area contributed by atoms with E-state index >= 15 is 0 Å². The highest BCUT2D eigenvalue weighted by Gasteiger charge is 2.04. The standard InChI is InChI=1S/C15H18Cl2O4/c1-11-10-12(20-8-2-4-14(16)18)6-7-13(11)21-9-3-5-15(17)19/h6-7,10H,2-5,8-9H2,1H3. The second-order valence-corrected chi connectivity index (χ2v) is 5.38. The molecule has 0 aliphatic heterocycles. The minimum Gasteiger partial charge on any atom is -0.494 e. The molecule has 0 atom stereocenters. The zero-order valence-electron chi connectivity index (χ0n) is 11.9. The number of benzene rings is 1. The van der Waals surface area contributed by atoms with Gasteiger partial charge in [-0.25, -0.2) is 0 Å². The number of hydrogen-bond donors (Lipinski definition) is 0. The van der Waals surface area contributed by atoms with Gasteiger partial charge in [-0.2, -0.15) is 0 Å². The predicted octanol–water partition coefficient (Wildman–Crippen LogP) is 3.84. The summed E-state index contributed by atoms with van der Waals surface area (Å²) < 4.78 is 11.1. The Kier molecular flexibility index (Phi) is 8.16. The Morgan fingerprint density at radius 1 is 1.00 bits per heavy atom. The zero-order valence-corrected chi connectivity index (χ0v) is 13.4. The lowest BCUT2D eigenvalue weighted by Crippen LogP contribution is -2.02. The van der Waals surface area contributed by atoms with Crippen molar-refractivity contribution in [1.82, 2.24) is 0 Å². The highest BCUT2D eigenvalue weighted by Crippen LogP contribution is 2.23. The fourth-order valence-electron chi connectivity index (χ4n) is 1.67. The van der Waals surface area contributed by atoms with E-state index < -0.39 is 0 Å². The van der Waals surface area contributed by atoms with Gasteiger partial charge in [0.25, 0.3) is 0 Å². The molecule has 1 rings (SSSR count). The summed E-state index contributed by atoms with van der Waals surface area (Å²) in [5, 5.41) is -0.705. The van der Waals surface area contributed by atoms with Crippen molar-refractivity contribution in [2.24, 2.45) is 0 Å². The topological polar surface area (TPSA) is 52.6 Å². The van der Waals surface area contributed by atoms with Crippen molar-refractivity contribution in [3.05, 3.63) is 23.8 Å². The minimum atomic E-state index is -0.353. The van der Waals surface area contributed by atoms with Crippen LogP contribution in [0.25, 0.3) is 0 Å². The Hall–Kier alpha value is -1.26. The average molecular weight is 333 g/mol. The maximum Gasteiger partial charge on any atom is 0.221 e. The van der Waals surface area contributed by atoms with Gasteiger partial charge in [-0.1, -0.05) is 0 Å². The smallest absolute Gasteiger partial charge is 0.221 e. The Morgan fingerprint density at radius 3 is 2.10 bits per heavy atom. The molecule has 6 heteroatoms. The summed E-state index contributed by atoms with van der Waals surface area (Å²) in [6, 6.07) is 5.49. The molecule has 0 fully saturated rings. The Balaban J connectivity index is 2.37. The Labute approximate surface area is 134 Å². The normalized spacial score (nSPS) is 10.2. The highest BCUT2D eigenvalue weighted by molar-refractivity contribution is 6.63.